The average molecular weight is 292 g/mol. The molecule has 1 aliphatic rings. The SMILES string of the molecule is CCNc1nc(CC)nc(NCC2(CCOC)CC2)c1C. The summed E-state index contributed by atoms with van der Waals surface area (Å²) in [7, 11) is 1.77. The average Bonchev–Trinajstić information content (AvgIpc) is 3.26. The highest BCUT2D eigenvalue weighted by Crippen LogP contribution is 2.48. The number of ether oxygens (including phenoxy) is 1. The van der Waals surface area contributed by atoms with Crippen molar-refractivity contribution in [3.05, 3.63) is 11.4 Å². The van der Waals surface area contributed by atoms with Crippen molar-refractivity contribution in [2.75, 3.05) is 37.4 Å². The number of hydrogen-bond donors (Lipinski definition) is 2. The maximum absolute atomic E-state index is 5.22. The van der Waals surface area contributed by atoms with Crippen molar-refractivity contribution < 1.29 is 4.74 Å². The van der Waals surface area contributed by atoms with Gasteiger partial charge in [-0.3, -0.25) is 0 Å². The Morgan fingerprint density at radius 2 is 1.81 bits per heavy atom. The summed E-state index contributed by atoms with van der Waals surface area (Å²) in [5.41, 5.74) is 1.52. The molecule has 1 aromatic heterocycles. The molecule has 1 aliphatic carbocycles. The summed E-state index contributed by atoms with van der Waals surface area (Å²) in [6, 6.07) is 0. The lowest BCUT2D eigenvalue weighted by Crippen LogP contribution is -2.19. The third-order valence-electron chi connectivity index (χ3n) is 4.28. The highest BCUT2D eigenvalue weighted by Gasteiger charge is 2.41. The maximum Gasteiger partial charge on any atom is 0.134 e. The van der Waals surface area contributed by atoms with Crippen LogP contribution in [0.1, 0.15) is 44.5 Å². The van der Waals surface area contributed by atoms with Crippen molar-refractivity contribution in [3.8, 4) is 0 Å². The fourth-order valence-corrected chi connectivity index (χ4v) is 2.51. The molecule has 2 rings (SSSR count). The zero-order valence-electron chi connectivity index (χ0n) is 13.8. The second-order valence-corrected chi connectivity index (χ2v) is 5.94. The molecule has 0 aromatic carbocycles. The molecule has 0 amide bonds. The van der Waals surface area contributed by atoms with Gasteiger partial charge >= 0.3 is 0 Å². The van der Waals surface area contributed by atoms with E-state index in [1.54, 1.807) is 7.11 Å². The van der Waals surface area contributed by atoms with E-state index in [1.807, 2.05) is 0 Å². The van der Waals surface area contributed by atoms with Gasteiger partial charge in [-0.05, 0) is 38.5 Å². The molecule has 1 aromatic rings. The molecule has 5 heteroatoms. The largest absolute Gasteiger partial charge is 0.385 e. The molecule has 0 spiro atoms. The third-order valence-corrected chi connectivity index (χ3v) is 4.28. The van der Waals surface area contributed by atoms with E-state index >= 15 is 0 Å². The molecule has 0 aliphatic heterocycles. The first-order valence-corrected chi connectivity index (χ1v) is 7.98. The van der Waals surface area contributed by atoms with Crippen LogP contribution in [0.15, 0.2) is 0 Å². The maximum atomic E-state index is 5.22. The minimum Gasteiger partial charge on any atom is -0.385 e. The summed E-state index contributed by atoms with van der Waals surface area (Å²) in [6.45, 7) is 8.94. The van der Waals surface area contributed by atoms with Gasteiger partial charge in [0.25, 0.3) is 0 Å². The Labute approximate surface area is 127 Å². The number of aryl methyl sites for hydroxylation is 1. The fraction of sp³-hybridized carbons (Fsp3) is 0.750. The van der Waals surface area contributed by atoms with Crippen LogP contribution in [0.5, 0.6) is 0 Å². The predicted molar refractivity (Wildman–Crippen MR) is 87.0 cm³/mol. The zero-order chi connectivity index (χ0) is 15.3. The van der Waals surface area contributed by atoms with Crippen molar-refractivity contribution in [2.45, 2.75) is 46.5 Å². The number of methoxy groups -OCH3 is 1. The lowest BCUT2D eigenvalue weighted by molar-refractivity contribution is 0.175. The highest BCUT2D eigenvalue weighted by molar-refractivity contribution is 5.57. The van der Waals surface area contributed by atoms with Crippen molar-refractivity contribution in [1.29, 1.82) is 0 Å². The summed E-state index contributed by atoms with van der Waals surface area (Å²) >= 11 is 0. The second-order valence-electron chi connectivity index (χ2n) is 5.94. The first-order valence-electron chi connectivity index (χ1n) is 7.98. The van der Waals surface area contributed by atoms with E-state index < -0.39 is 0 Å². The van der Waals surface area contributed by atoms with Crippen LogP contribution in [-0.4, -0.2) is 36.8 Å². The minimum absolute atomic E-state index is 0.415. The van der Waals surface area contributed by atoms with E-state index in [4.69, 9.17) is 4.74 Å². The van der Waals surface area contributed by atoms with Crippen LogP contribution in [-0.2, 0) is 11.2 Å². The molecule has 1 fully saturated rings. The minimum atomic E-state index is 0.415. The molecule has 2 N–H and O–H groups in total. The van der Waals surface area contributed by atoms with Crippen molar-refractivity contribution in [1.82, 2.24) is 9.97 Å². The second kappa shape index (κ2) is 7.07. The third kappa shape index (κ3) is 4.06. The van der Waals surface area contributed by atoms with Crippen LogP contribution in [0.3, 0.4) is 0 Å². The van der Waals surface area contributed by atoms with E-state index in [9.17, 15) is 0 Å². The van der Waals surface area contributed by atoms with Crippen LogP contribution in [0, 0.1) is 12.3 Å². The molecule has 0 saturated heterocycles. The Morgan fingerprint density at radius 1 is 1.14 bits per heavy atom. The van der Waals surface area contributed by atoms with Crippen molar-refractivity contribution in [3.63, 3.8) is 0 Å². The molecule has 0 radical (unpaired) electrons. The predicted octanol–water partition coefficient (Wildman–Crippen LogP) is 3.01. The van der Waals surface area contributed by atoms with Crippen LogP contribution < -0.4 is 10.6 Å². The van der Waals surface area contributed by atoms with Crippen LogP contribution in [0.4, 0.5) is 11.6 Å². The summed E-state index contributed by atoms with van der Waals surface area (Å²) in [6.07, 6.45) is 4.55. The van der Waals surface area contributed by atoms with Gasteiger partial charge in [0, 0.05) is 38.8 Å². The number of hydrogen-bond acceptors (Lipinski definition) is 5. The van der Waals surface area contributed by atoms with E-state index in [1.165, 1.54) is 12.8 Å². The van der Waals surface area contributed by atoms with Crippen LogP contribution in [0.2, 0.25) is 0 Å². The standard InChI is InChI=1S/C16H28N4O/c1-5-13-19-14(17-6-2)12(3)15(20-13)18-11-16(7-8-16)9-10-21-4/h5-11H2,1-4H3,(H2,17,18,19,20). The quantitative estimate of drug-likeness (QED) is 0.732. The summed E-state index contributed by atoms with van der Waals surface area (Å²) in [4.78, 5) is 9.22. The normalized spacial score (nSPS) is 15.8. The van der Waals surface area contributed by atoms with Gasteiger partial charge in [0.1, 0.15) is 17.5 Å². The zero-order valence-corrected chi connectivity index (χ0v) is 13.8. The lowest BCUT2D eigenvalue weighted by atomic mass is 10.0. The molecule has 21 heavy (non-hydrogen) atoms. The highest BCUT2D eigenvalue weighted by atomic mass is 16.5. The van der Waals surface area contributed by atoms with Gasteiger partial charge < -0.3 is 15.4 Å². The van der Waals surface area contributed by atoms with E-state index in [0.717, 1.165) is 55.6 Å². The molecule has 1 heterocycles. The monoisotopic (exact) mass is 292 g/mol. The van der Waals surface area contributed by atoms with Gasteiger partial charge in [0.15, 0.2) is 0 Å². The number of nitrogens with one attached hydrogen (secondary N) is 2. The first kappa shape index (κ1) is 16.0. The summed E-state index contributed by atoms with van der Waals surface area (Å²) < 4.78 is 5.22. The van der Waals surface area contributed by atoms with Crippen LogP contribution in [0.25, 0.3) is 0 Å². The van der Waals surface area contributed by atoms with Gasteiger partial charge in [0.05, 0.1) is 0 Å². The Bertz CT molecular complexity index is 472. The molecule has 0 atom stereocenters. The van der Waals surface area contributed by atoms with Gasteiger partial charge in [-0.2, -0.15) is 0 Å². The first-order chi connectivity index (χ1) is 10.1. The Hall–Kier alpha value is -1.36. The number of aromatic nitrogens is 2. The van der Waals surface area contributed by atoms with Gasteiger partial charge in [-0.1, -0.05) is 6.92 Å². The Balaban J connectivity index is 2.06. The Kier molecular flexibility index (Phi) is 5.39. The van der Waals surface area contributed by atoms with Gasteiger partial charge in [-0.25, -0.2) is 9.97 Å². The van der Waals surface area contributed by atoms with E-state index in [2.05, 4.69) is 41.4 Å². The van der Waals surface area contributed by atoms with Crippen molar-refractivity contribution >= 4 is 11.6 Å². The molecule has 118 valence electrons. The number of nitrogens with zero attached hydrogens (tertiary/aromatic N) is 2. The van der Waals surface area contributed by atoms with Gasteiger partial charge in [0.2, 0.25) is 0 Å². The van der Waals surface area contributed by atoms with Gasteiger partial charge in [-0.15, -0.1) is 0 Å². The molecular weight excluding hydrogens is 264 g/mol. The lowest BCUT2D eigenvalue weighted by Gasteiger charge is -2.18. The van der Waals surface area contributed by atoms with Crippen molar-refractivity contribution in [2.24, 2.45) is 5.41 Å². The van der Waals surface area contributed by atoms with Crippen LogP contribution >= 0.6 is 0 Å². The molecule has 1 saturated carbocycles. The Morgan fingerprint density at radius 3 is 2.33 bits per heavy atom. The van der Waals surface area contributed by atoms with E-state index in [0.29, 0.717) is 5.41 Å². The molecular formula is C16H28N4O. The summed E-state index contributed by atoms with van der Waals surface area (Å²) in [5.74, 6) is 2.82. The number of anilines is 2. The fourth-order valence-electron chi connectivity index (χ4n) is 2.51. The smallest absolute Gasteiger partial charge is 0.134 e. The molecule has 0 bridgehead atoms. The van der Waals surface area contributed by atoms with E-state index in [-0.39, 0.29) is 0 Å². The topological polar surface area (TPSA) is 59.1 Å². The molecule has 5 nitrogen and oxygen atoms in total. The molecule has 0 unspecified atom stereocenters. The number of rotatable bonds is 9. The summed E-state index contributed by atoms with van der Waals surface area (Å²) in [5, 5.41) is 6.88.